The van der Waals surface area contributed by atoms with Crippen molar-refractivity contribution >= 4 is 0 Å². The van der Waals surface area contributed by atoms with Crippen LogP contribution in [0.5, 0.6) is 0 Å². The van der Waals surface area contributed by atoms with Gasteiger partial charge in [0.1, 0.15) is 0 Å². The molecule has 130 valence electrons. The van der Waals surface area contributed by atoms with Crippen LogP contribution < -0.4 is 0 Å². The fraction of sp³-hybridized carbons (Fsp3) is 0.304. The number of hydrogen-bond donors (Lipinski definition) is 0. The van der Waals surface area contributed by atoms with Crippen molar-refractivity contribution in [2.45, 2.75) is 20.1 Å². The lowest BCUT2D eigenvalue weighted by Crippen LogP contribution is -2.25. The molecule has 0 spiro atoms. The van der Waals surface area contributed by atoms with Crippen molar-refractivity contribution in [2.24, 2.45) is 11.8 Å². The van der Waals surface area contributed by atoms with Crippen LogP contribution in [-0.4, -0.2) is 13.2 Å². The number of allylic oxidation sites excluding steroid dienone is 2. The van der Waals surface area contributed by atoms with E-state index >= 15 is 0 Å². The van der Waals surface area contributed by atoms with Gasteiger partial charge in [-0.3, -0.25) is 0 Å². The molecule has 0 N–H and O–H groups in total. The first kappa shape index (κ1) is 17.7. The van der Waals surface area contributed by atoms with E-state index in [1.165, 1.54) is 16.7 Å². The summed E-state index contributed by atoms with van der Waals surface area (Å²) >= 11 is 0. The van der Waals surface area contributed by atoms with Crippen LogP contribution in [0.25, 0.3) is 0 Å². The monoisotopic (exact) mass is 334 g/mol. The van der Waals surface area contributed by atoms with E-state index in [1.54, 1.807) is 0 Å². The minimum Gasteiger partial charge on any atom is -0.376 e. The van der Waals surface area contributed by atoms with Gasteiger partial charge < -0.3 is 9.47 Å². The summed E-state index contributed by atoms with van der Waals surface area (Å²) in [7, 11) is 0. The average molecular weight is 334 g/mol. The van der Waals surface area contributed by atoms with E-state index in [0.717, 1.165) is 13.2 Å². The molecule has 2 aromatic rings. The van der Waals surface area contributed by atoms with Crippen molar-refractivity contribution in [1.29, 1.82) is 0 Å². The highest BCUT2D eigenvalue weighted by Crippen LogP contribution is 2.27. The summed E-state index contributed by atoms with van der Waals surface area (Å²) in [4.78, 5) is 0. The van der Waals surface area contributed by atoms with Gasteiger partial charge in [-0.1, -0.05) is 84.5 Å². The highest BCUT2D eigenvalue weighted by molar-refractivity contribution is 5.22. The Morgan fingerprint density at radius 1 is 0.760 bits per heavy atom. The molecule has 1 aliphatic carbocycles. The van der Waals surface area contributed by atoms with Gasteiger partial charge in [0.2, 0.25) is 0 Å². The molecule has 0 radical (unpaired) electrons. The van der Waals surface area contributed by atoms with Crippen molar-refractivity contribution in [3.8, 4) is 0 Å². The van der Waals surface area contributed by atoms with E-state index in [2.05, 4.69) is 49.4 Å². The third-order valence-electron chi connectivity index (χ3n) is 4.65. The van der Waals surface area contributed by atoms with E-state index in [-0.39, 0.29) is 0 Å². The smallest absolute Gasteiger partial charge is 0.0717 e. The predicted molar refractivity (Wildman–Crippen MR) is 102 cm³/mol. The molecule has 2 aromatic carbocycles. The zero-order chi connectivity index (χ0) is 17.3. The van der Waals surface area contributed by atoms with Crippen LogP contribution in [-0.2, 0) is 22.7 Å². The zero-order valence-corrected chi connectivity index (χ0v) is 14.8. The van der Waals surface area contributed by atoms with E-state index in [0.29, 0.717) is 25.0 Å². The Labute approximate surface area is 150 Å². The first-order valence-electron chi connectivity index (χ1n) is 8.91. The van der Waals surface area contributed by atoms with Gasteiger partial charge in [-0.05, 0) is 18.1 Å². The van der Waals surface area contributed by atoms with Crippen molar-refractivity contribution in [3.63, 3.8) is 0 Å². The van der Waals surface area contributed by atoms with Crippen LogP contribution in [0.2, 0.25) is 0 Å². The molecule has 0 amide bonds. The van der Waals surface area contributed by atoms with Crippen LogP contribution in [0.15, 0.2) is 84.5 Å². The second-order valence-electron chi connectivity index (χ2n) is 6.57. The molecule has 2 atom stereocenters. The van der Waals surface area contributed by atoms with E-state index in [4.69, 9.17) is 9.47 Å². The maximum atomic E-state index is 5.99. The number of rotatable bonds is 8. The molecule has 0 saturated carbocycles. The molecule has 0 bridgehead atoms. The Bertz CT molecular complexity index is 689. The minimum absolute atomic E-state index is 0.365. The van der Waals surface area contributed by atoms with Gasteiger partial charge in [0.15, 0.2) is 0 Å². The average Bonchev–Trinajstić information content (AvgIpc) is 2.65. The Morgan fingerprint density at radius 2 is 1.32 bits per heavy atom. The molecule has 3 rings (SSSR count). The van der Waals surface area contributed by atoms with Gasteiger partial charge in [-0.2, -0.15) is 0 Å². The molecular formula is C23H26O2. The molecule has 0 saturated heterocycles. The Kier molecular flexibility index (Phi) is 6.61. The quantitative estimate of drug-likeness (QED) is 0.663. The maximum Gasteiger partial charge on any atom is 0.0717 e. The molecule has 0 aliphatic heterocycles. The summed E-state index contributed by atoms with van der Waals surface area (Å²) < 4.78 is 12.0. The Hall–Kier alpha value is -2.16. The van der Waals surface area contributed by atoms with Crippen LogP contribution in [0.3, 0.4) is 0 Å². The number of benzene rings is 2. The van der Waals surface area contributed by atoms with Crippen molar-refractivity contribution in [2.75, 3.05) is 13.2 Å². The summed E-state index contributed by atoms with van der Waals surface area (Å²) in [6.07, 6.45) is 6.57. The SMILES string of the molecule is CC1=CC=C[C@@H](COCc2ccccc2)[C@H]1COCc1ccccc1. The summed E-state index contributed by atoms with van der Waals surface area (Å²) in [6.45, 7) is 4.94. The first-order valence-corrected chi connectivity index (χ1v) is 8.91. The van der Waals surface area contributed by atoms with Gasteiger partial charge in [0.05, 0.1) is 26.4 Å². The Morgan fingerprint density at radius 3 is 1.92 bits per heavy atom. The molecular weight excluding hydrogens is 308 g/mol. The normalized spacial score (nSPS) is 19.6. The van der Waals surface area contributed by atoms with Crippen LogP contribution in [0.1, 0.15) is 18.1 Å². The van der Waals surface area contributed by atoms with Gasteiger partial charge >= 0.3 is 0 Å². The minimum atomic E-state index is 0.365. The second-order valence-corrected chi connectivity index (χ2v) is 6.57. The topological polar surface area (TPSA) is 18.5 Å². The number of hydrogen-bond acceptors (Lipinski definition) is 2. The third-order valence-corrected chi connectivity index (χ3v) is 4.65. The fourth-order valence-corrected chi connectivity index (χ4v) is 3.14. The summed E-state index contributed by atoms with van der Waals surface area (Å²) in [5.74, 6) is 0.744. The van der Waals surface area contributed by atoms with Gasteiger partial charge in [-0.15, -0.1) is 0 Å². The van der Waals surface area contributed by atoms with Crippen molar-refractivity contribution in [3.05, 3.63) is 95.6 Å². The second kappa shape index (κ2) is 9.36. The standard InChI is InChI=1S/C23H26O2/c1-19-9-8-14-22(17-24-15-20-10-4-2-5-11-20)23(19)18-25-16-21-12-6-3-7-13-21/h2-14,22-23H,15-18H2,1H3/t22-,23-/m0/s1. The summed E-state index contributed by atoms with van der Waals surface area (Å²) in [5.41, 5.74) is 3.79. The molecule has 1 aliphatic rings. The molecule has 2 nitrogen and oxygen atoms in total. The largest absolute Gasteiger partial charge is 0.376 e. The van der Waals surface area contributed by atoms with E-state index in [9.17, 15) is 0 Å². The van der Waals surface area contributed by atoms with Gasteiger partial charge in [0.25, 0.3) is 0 Å². The van der Waals surface area contributed by atoms with Crippen LogP contribution in [0.4, 0.5) is 0 Å². The van der Waals surface area contributed by atoms with E-state index < -0.39 is 0 Å². The molecule has 0 fully saturated rings. The maximum absolute atomic E-state index is 5.99. The molecule has 25 heavy (non-hydrogen) atoms. The molecule has 2 heteroatoms. The van der Waals surface area contributed by atoms with Crippen molar-refractivity contribution < 1.29 is 9.47 Å². The molecule has 0 heterocycles. The van der Waals surface area contributed by atoms with E-state index in [1.807, 2.05) is 36.4 Å². The molecule has 0 aromatic heterocycles. The Balaban J connectivity index is 1.49. The number of ether oxygens (including phenoxy) is 2. The van der Waals surface area contributed by atoms with Crippen LogP contribution >= 0.6 is 0 Å². The first-order chi connectivity index (χ1) is 12.3. The fourth-order valence-electron chi connectivity index (χ4n) is 3.14. The predicted octanol–water partition coefficient (Wildman–Crippen LogP) is 5.17. The highest BCUT2D eigenvalue weighted by atomic mass is 16.5. The summed E-state index contributed by atoms with van der Waals surface area (Å²) in [5, 5.41) is 0. The lowest BCUT2D eigenvalue weighted by atomic mass is 9.84. The third kappa shape index (κ3) is 5.42. The summed E-state index contributed by atoms with van der Waals surface area (Å²) in [6, 6.07) is 20.7. The molecule has 0 unspecified atom stereocenters. The van der Waals surface area contributed by atoms with Crippen LogP contribution in [0, 0.1) is 11.8 Å². The highest BCUT2D eigenvalue weighted by Gasteiger charge is 2.23. The van der Waals surface area contributed by atoms with Crippen molar-refractivity contribution in [1.82, 2.24) is 0 Å². The van der Waals surface area contributed by atoms with Gasteiger partial charge in [0, 0.05) is 11.8 Å². The zero-order valence-electron chi connectivity index (χ0n) is 14.8. The van der Waals surface area contributed by atoms with Gasteiger partial charge in [-0.25, -0.2) is 0 Å². The lowest BCUT2D eigenvalue weighted by Gasteiger charge is -2.28. The lowest BCUT2D eigenvalue weighted by molar-refractivity contribution is 0.0458.